The van der Waals surface area contributed by atoms with E-state index >= 15 is 0 Å². The maximum atomic E-state index is 14.4. The van der Waals surface area contributed by atoms with Crippen LogP contribution in [-0.4, -0.2) is 108 Å². The van der Waals surface area contributed by atoms with Gasteiger partial charge in [-0.05, 0) is 75.5 Å². The number of carbonyl (C=O) groups excluding carboxylic acids is 4. The van der Waals surface area contributed by atoms with E-state index < -0.39 is 40.4 Å². The Hall–Kier alpha value is -5.49. The highest BCUT2D eigenvalue weighted by Gasteiger charge is 2.86. The van der Waals surface area contributed by atoms with Crippen molar-refractivity contribution in [2.24, 2.45) is 11.8 Å². The molecule has 3 aliphatic heterocycles. The number of imidazole rings is 2. The lowest BCUT2D eigenvalue weighted by Gasteiger charge is -2.46. The minimum absolute atomic E-state index is 0.0586. The van der Waals surface area contributed by atoms with Crippen molar-refractivity contribution < 1.29 is 28.7 Å². The van der Waals surface area contributed by atoms with Crippen LogP contribution in [0.15, 0.2) is 60.8 Å². The molecule has 7 atom stereocenters. The predicted octanol–water partition coefficient (Wildman–Crippen LogP) is 8.54. The van der Waals surface area contributed by atoms with Crippen LogP contribution in [0, 0.1) is 11.8 Å². The second-order valence-electron chi connectivity index (χ2n) is 20.3. The molecule has 1 saturated carbocycles. The van der Waals surface area contributed by atoms with E-state index in [0.29, 0.717) is 11.7 Å². The Morgan fingerprint density at radius 2 is 1.44 bits per heavy atom. The topological polar surface area (TPSA) is 175 Å². The number of amides is 4. The molecule has 63 heavy (non-hydrogen) atoms. The summed E-state index contributed by atoms with van der Waals surface area (Å²) in [5.74, 6) is 1.19. The van der Waals surface area contributed by atoms with E-state index in [9.17, 15) is 19.2 Å². The van der Waals surface area contributed by atoms with E-state index in [0.717, 1.165) is 74.7 Å². The number of likely N-dealkylation sites (tertiary alicyclic amines) is 1. The van der Waals surface area contributed by atoms with Gasteiger partial charge in [0.05, 0.1) is 65.4 Å². The lowest BCUT2D eigenvalue weighted by Crippen LogP contribution is -2.57. The van der Waals surface area contributed by atoms with Crippen molar-refractivity contribution in [2.75, 3.05) is 20.4 Å². The van der Waals surface area contributed by atoms with Crippen LogP contribution in [0.1, 0.15) is 64.3 Å². The predicted molar refractivity (Wildman–Crippen MR) is 248 cm³/mol. The summed E-state index contributed by atoms with van der Waals surface area (Å²) >= 11 is 0. The van der Waals surface area contributed by atoms with E-state index in [1.807, 2.05) is 38.8 Å². The number of H-pyrrole nitrogens is 2. The summed E-state index contributed by atoms with van der Waals surface area (Å²) in [5.41, 5.74) is 6.25. The highest BCUT2D eigenvalue weighted by molar-refractivity contribution is 6.94. The monoisotopic (exact) mass is 888 g/mol. The van der Waals surface area contributed by atoms with Gasteiger partial charge in [0.1, 0.15) is 23.7 Å². The average Bonchev–Trinajstić information content (AvgIpc) is 3.83. The summed E-state index contributed by atoms with van der Waals surface area (Å²) < 4.78 is 9.74. The van der Waals surface area contributed by atoms with Gasteiger partial charge in [-0.1, -0.05) is 96.3 Å². The van der Waals surface area contributed by atoms with Crippen molar-refractivity contribution in [3.05, 3.63) is 72.4 Å². The molecule has 16 heteroatoms. The van der Waals surface area contributed by atoms with Gasteiger partial charge in [0.15, 0.2) is 0 Å². The van der Waals surface area contributed by atoms with Crippen molar-refractivity contribution in [1.82, 2.24) is 40.4 Å². The van der Waals surface area contributed by atoms with Gasteiger partial charge in [-0.25, -0.2) is 19.6 Å². The Kier molecular flexibility index (Phi) is 10.4. The minimum atomic E-state index is -1.78. The SMILES string of the molecule is COC(=O)NC(C(=O)N1C(c2ncc(-c3ccc(-c4ccc5c(ccc6[nH]c([C@@H]7C[Si](C)(C)CN7C(=O)C(NC(=O)OC)C(C)C)nc65)c4)cc3)[nH]2)C2C3(CCC13)[Si]2(C)C)C(C)C. The van der Waals surface area contributed by atoms with E-state index in [-0.39, 0.29) is 46.8 Å². The third-order valence-electron chi connectivity index (χ3n) is 15.1. The molecule has 3 aromatic carbocycles. The van der Waals surface area contributed by atoms with E-state index in [2.05, 4.69) is 106 Å². The number of aromatic nitrogens is 4. The maximum absolute atomic E-state index is 14.4. The molecule has 6 unspecified atom stereocenters. The van der Waals surface area contributed by atoms with Gasteiger partial charge in [-0.3, -0.25) is 9.59 Å². The Labute approximate surface area is 370 Å². The Balaban J connectivity index is 0.958. The van der Waals surface area contributed by atoms with E-state index in [1.165, 1.54) is 14.2 Å². The molecule has 1 aliphatic carbocycles. The molecule has 4 fully saturated rings. The molecule has 0 radical (unpaired) electrons. The number of benzene rings is 3. The maximum Gasteiger partial charge on any atom is 0.407 e. The van der Waals surface area contributed by atoms with Crippen molar-refractivity contribution in [2.45, 2.75) is 114 Å². The number of hydrogen-bond acceptors (Lipinski definition) is 8. The van der Waals surface area contributed by atoms with Crippen LogP contribution in [0.3, 0.4) is 0 Å². The van der Waals surface area contributed by atoms with Gasteiger partial charge in [0.2, 0.25) is 11.8 Å². The first kappa shape index (κ1) is 42.8. The van der Waals surface area contributed by atoms with E-state index in [4.69, 9.17) is 19.4 Å². The summed E-state index contributed by atoms with van der Waals surface area (Å²) in [6.07, 6.45) is 3.48. The molecule has 5 heterocycles. The average molecular weight is 889 g/mol. The largest absolute Gasteiger partial charge is 0.453 e. The van der Waals surface area contributed by atoms with Gasteiger partial charge in [-0.15, -0.1) is 0 Å². The van der Waals surface area contributed by atoms with Crippen LogP contribution in [0.2, 0.25) is 42.8 Å². The number of fused-ring (bicyclic) bond motifs is 3. The molecular weight excluding hydrogens is 829 g/mol. The molecule has 0 bridgehead atoms. The fourth-order valence-electron chi connectivity index (χ4n) is 11.7. The molecule has 9 rings (SSSR count). The number of hydrogen-bond donors (Lipinski definition) is 4. The molecular formula is C47H60N8O6Si2. The number of methoxy groups -OCH3 is 2. The third-order valence-corrected chi connectivity index (χ3v) is 23.1. The highest BCUT2D eigenvalue weighted by Crippen LogP contribution is 2.89. The van der Waals surface area contributed by atoms with Gasteiger partial charge in [-0.2, -0.15) is 0 Å². The number of nitrogens with zero attached hydrogens (tertiary/aromatic N) is 4. The Bertz CT molecular complexity index is 2640. The normalized spacial score (nSPS) is 25.1. The van der Waals surface area contributed by atoms with Crippen molar-refractivity contribution in [3.63, 3.8) is 0 Å². The van der Waals surface area contributed by atoms with Gasteiger partial charge in [0.25, 0.3) is 0 Å². The number of aromatic amines is 2. The number of carbonyl (C=O) groups is 4. The number of nitrogens with one attached hydrogen (secondary N) is 4. The van der Waals surface area contributed by atoms with Gasteiger partial charge >= 0.3 is 12.2 Å². The molecule has 4 aliphatic rings. The fourth-order valence-corrected chi connectivity index (χ4v) is 20.9. The minimum Gasteiger partial charge on any atom is -0.453 e. The highest BCUT2D eigenvalue weighted by atomic mass is 28.3. The molecule has 1 spiro atoms. The van der Waals surface area contributed by atoms with Crippen LogP contribution >= 0.6 is 0 Å². The number of alkyl carbamates (subject to hydrolysis) is 2. The van der Waals surface area contributed by atoms with Gasteiger partial charge in [0, 0.05) is 17.6 Å². The molecule has 4 N–H and O–H groups in total. The van der Waals surface area contributed by atoms with E-state index in [1.54, 1.807) is 0 Å². The zero-order chi connectivity index (χ0) is 44.9. The zero-order valence-electron chi connectivity index (χ0n) is 38.0. The first-order chi connectivity index (χ1) is 29.9. The summed E-state index contributed by atoms with van der Waals surface area (Å²) in [7, 11) is -0.773. The molecule has 5 aromatic rings. The summed E-state index contributed by atoms with van der Waals surface area (Å²) in [6, 6.07) is 18.4. The number of rotatable bonds is 10. The smallest absolute Gasteiger partial charge is 0.407 e. The third kappa shape index (κ3) is 6.86. The lowest BCUT2D eigenvalue weighted by molar-refractivity contribution is -0.139. The molecule has 3 saturated heterocycles. The summed E-state index contributed by atoms with van der Waals surface area (Å²) in [5, 5.41) is 7.88. The zero-order valence-corrected chi connectivity index (χ0v) is 40.0. The van der Waals surface area contributed by atoms with Gasteiger partial charge < -0.3 is 39.9 Å². The first-order valence-corrected chi connectivity index (χ1v) is 28.8. The molecule has 2 aromatic heterocycles. The molecule has 4 amide bonds. The van der Waals surface area contributed by atoms with Crippen molar-refractivity contribution in [1.29, 1.82) is 0 Å². The Morgan fingerprint density at radius 3 is 2.06 bits per heavy atom. The lowest BCUT2D eigenvalue weighted by atomic mass is 9.79. The second kappa shape index (κ2) is 15.4. The van der Waals surface area contributed by atoms with Crippen LogP contribution in [0.5, 0.6) is 0 Å². The fraction of sp³-hybridized carbons (Fsp3) is 0.489. The quantitative estimate of drug-likeness (QED) is 0.101. The van der Waals surface area contributed by atoms with Crippen LogP contribution in [0.25, 0.3) is 44.2 Å². The molecule has 14 nitrogen and oxygen atoms in total. The van der Waals surface area contributed by atoms with Crippen molar-refractivity contribution >= 4 is 62.0 Å². The van der Waals surface area contributed by atoms with Crippen LogP contribution < -0.4 is 10.6 Å². The standard InChI is InChI=1S/C47H60N8O6Si2/c1-25(2)36(52-45(58)60-5)43(56)54-24-62(7,8)23-34(54)41-49-32-18-16-30-21-29(15-17-31(30)38(32)51-41)27-11-13-28(14-12-27)33-22-48-42(50-33)39-40-47(63(40,9)10)20-19-35(47)55(39)44(57)37(26(3)4)53-46(59)61-6/h11-18,21-22,25-26,34-37,39-40H,19-20,23-24H2,1-10H3,(H,48,50)(H,49,51)(H,52,58)(H,53,59)/t34-,35?,36?,37?,39?,40?,47?/m0/s1. The summed E-state index contributed by atoms with van der Waals surface area (Å²) in [4.78, 5) is 74.2. The first-order valence-electron chi connectivity index (χ1n) is 22.3. The van der Waals surface area contributed by atoms with Crippen LogP contribution in [-0.2, 0) is 19.1 Å². The van der Waals surface area contributed by atoms with Crippen LogP contribution in [0.4, 0.5) is 9.59 Å². The number of ether oxygens (including phenoxy) is 2. The molecule has 332 valence electrons. The Morgan fingerprint density at radius 1 is 0.810 bits per heavy atom. The second-order valence-corrected chi connectivity index (χ2v) is 30.4. The van der Waals surface area contributed by atoms with Crippen molar-refractivity contribution in [3.8, 4) is 22.4 Å². The summed E-state index contributed by atoms with van der Waals surface area (Å²) in [6.45, 7) is 17.3.